The number of benzene rings is 2. The van der Waals surface area contributed by atoms with E-state index in [2.05, 4.69) is 43.2 Å². The quantitative estimate of drug-likeness (QED) is 0.573. The Bertz CT molecular complexity index is 872. The van der Waals surface area contributed by atoms with E-state index >= 15 is 0 Å². The van der Waals surface area contributed by atoms with E-state index in [1.165, 1.54) is 0 Å². The van der Waals surface area contributed by atoms with Crippen LogP contribution >= 0.6 is 22.6 Å². The molecular formula is C19H17IN4O. The number of rotatable bonds is 4. The predicted molar refractivity (Wildman–Crippen MR) is 108 cm³/mol. The van der Waals surface area contributed by atoms with Gasteiger partial charge in [0, 0.05) is 31.9 Å². The summed E-state index contributed by atoms with van der Waals surface area (Å²) in [6, 6.07) is 16.8. The van der Waals surface area contributed by atoms with Gasteiger partial charge in [0.2, 0.25) is 5.95 Å². The number of nitrogens with zero attached hydrogens (tertiary/aromatic N) is 2. The molecule has 0 fully saturated rings. The molecule has 3 aromatic rings. The van der Waals surface area contributed by atoms with E-state index in [9.17, 15) is 4.79 Å². The van der Waals surface area contributed by atoms with Gasteiger partial charge in [0.1, 0.15) is 0 Å². The SMILES string of the molecule is Cc1cc(C)nc(Nc2ccc(C(=O)Nc3ccc(I)cc3)cc2)n1. The Kier molecular flexibility index (Phi) is 5.28. The van der Waals surface area contributed by atoms with Gasteiger partial charge in [-0.15, -0.1) is 0 Å². The molecule has 6 heteroatoms. The Morgan fingerprint density at radius 3 is 2.04 bits per heavy atom. The maximum Gasteiger partial charge on any atom is 0.255 e. The van der Waals surface area contributed by atoms with Crippen molar-refractivity contribution in [1.29, 1.82) is 0 Å². The van der Waals surface area contributed by atoms with Crippen LogP contribution in [-0.2, 0) is 0 Å². The molecule has 25 heavy (non-hydrogen) atoms. The van der Waals surface area contributed by atoms with Crippen LogP contribution in [0.3, 0.4) is 0 Å². The van der Waals surface area contributed by atoms with Crippen molar-refractivity contribution in [2.45, 2.75) is 13.8 Å². The molecule has 0 radical (unpaired) electrons. The zero-order valence-corrected chi connectivity index (χ0v) is 16.0. The molecule has 0 saturated heterocycles. The molecule has 2 aromatic carbocycles. The molecule has 0 spiro atoms. The van der Waals surface area contributed by atoms with Crippen molar-refractivity contribution in [2.75, 3.05) is 10.6 Å². The summed E-state index contributed by atoms with van der Waals surface area (Å²) in [5, 5.41) is 6.04. The van der Waals surface area contributed by atoms with Gasteiger partial charge in [-0.3, -0.25) is 4.79 Å². The van der Waals surface area contributed by atoms with E-state index in [1.807, 2.05) is 56.3 Å². The number of halogens is 1. The fraction of sp³-hybridized carbons (Fsp3) is 0.105. The summed E-state index contributed by atoms with van der Waals surface area (Å²) in [6.07, 6.45) is 0. The molecule has 2 N–H and O–H groups in total. The molecule has 0 atom stereocenters. The first-order valence-corrected chi connectivity index (χ1v) is 8.84. The molecule has 0 bridgehead atoms. The lowest BCUT2D eigenvalue weighted by Crippen LogP contribution is -2.11. The highest BCUT2D eigenvalue weighted by Gasteiger charge is 2.07. The van der Waals surface area contributed by atoms with E-state index in [0.717, 1.165) is 26.3 Å². The number of anilines is 3. The van der Waals surface area contributed by atoms with Gasteiger partial charge in [-0.2, -0.15) is 0 Å². The maximum absolute atomic E-state index is 12.3. The lowest BCUT2D eigenvalue weighted by Gasteiger charge is -2.08. The number of hydrogen-bond acceptors (Lipinski definition) is 4. The third kappa shape index (κ3) is 4.76. The molecule has 1 amide bonds. The molecular weight excluding hydrogens is 427 g/mol. The van der Waals surface area contributed by atoms with Crippen molar-refractivity contribution in [3.05, 3.63) is 75.1 Å². The third-order valence-corrected chi connectivity index (χ3v) is 4.21. The second-order valence-corrected chi connectivity index (χ2v) is 6.88. The van der Waals surface area contributed by atoms with Crippen LogP contribution in [0.1, 0.15) is 21.7 Å². The lowest BCUT2D eigenvalue weighted by molar-refractivity contribution is 0.102. The lowest BCUT2D eigenvalue weighted by atomic mass is 10.2. The van der Waals surface area contributed by atoms with Gasteiger partial charge in [-0.1, -0.05) is 0 Å². The van der Waals surface area contributed by atoms with Crippen molar-refractivity contribution in [2.24, 2.45) is 0 Å². The maximum atomic E-state index is 12.3. The molecule has 0 aliphatic heterocycles. The average molecular weight is 444 g/mol. The topological polar surface area (TPSA) is 66.9 Å². The molecule has 0 aliphatic carbocycles. The van der Waals surface area contributed by atoms with Crippen LogP contribution in [0.2, 0.25) is 0 Å². The minimum absolute atomic E-state index is 0.143. The summed E-state index contributed by atoms with van der Waals surface area (Å²) >= 11 is 2.23. The fourth-order valence-corrected chi connectivity index (χ4v) is 2.71. The fourth-order valence-electron chi connectivity index (χ4n) is 2.35. The first-order valence-electron chi connectivity index (χ1n) is 7.76. The highest BCUT2D eigenvalue weighted by Crippen LogP contribution is 2.17. The smallest absolute Gasteiger partial charge is 0.255 e. The molecule has 5 nitrogen and oxygen atoms in total. The summed E-state index contributed by atoms with van der Waals surface area (Å²) in [5.41, 5.74) is 4.00. The van der Waals surface area contributed by atoms with Gasteiger partial charge in [0.15, 0.2) is 0 Å². The van der Waals surface area contributed by atoms with Gasteiger partial charge in [-0.05, 0) is 91.0 Å². The van der Waals surface area contributed by atoms with Crippen LogP contribution < -0.4 is 10.6 Å². The summed E-state index contributed by atoms with van der Waals surface area (Å²) in [4.78, 5) is 21.0. The Balaban J connectivity index is 1.68. The molecule has 0 aliphatic rings. The summed E-state index contributed by atoms with van der Waals surface area (Å²) in [6.45, 7) is 3.86. The van der Waals surface area contributed by atoms with Gasteiger partial charge in [0.25, 0.3) is 5.91 Å². The van der Waals surface area contributed by atoms with Crippen molar-refractivity contribution >= 4 is 45.8 Å². The van der Waals surface area contributed by atoms with Gasteiger partial charge in [-0.25, -0.2) is 9.97 Å². The Labute approximate surface area is 160 Å². The van der Waals surface area contributed by atoms with E-state index in [-0.39, 0.29) is 5.91 Å². The molecule has 0 unspecified atom stereocenters. The molecule has 0 saturated carbocycles. The number of amides is 1. The zero-order chi connectivity index (χ0) is 17.8. The number of carbonyl (C=O) groups is 1. The molecule has 126 valence electrons. The van der Waals surface area contributed by atoms with Crippen molar-refractivity contribution < 1.29 is 4.79 Å². The van der Waals surface area contributed by atoms with E-state index in [1.54, 1.807) is 12.1 Å². The summed E-state index contributed by atoms with van der Waals surface area (Å²) in [5.74, 6) is 0.406. The third-order valence-electron chi connectivity index (χ3n) is 3.49. The second kappa shape index (κ2) is 7.60. The van der Waals surface area contributed by atoms with Crippen molar-refractivity contribution in [3.63, 3.8) is 0 Å². The van der Waals surface area contributed by atoms with Crippen LogP contribution in [0.5, 0.6) is 0 Å². The van der Waals surface area contributed by atoms with Crippen LogP contribution in [0.15, 0.2) is 54.6 Å². The minimum atomic E-state index is -0.143. The Morgan fingerprint density at radius 1 is 0.880 bits per heavy atom. The Morgan fingerprint density at radius 2 is 1.44 bits per heavy atom. The monoisotopic (exact) mass is 444 g/mol. The van der Waals surface area contributed by atoms with Crippen LogP contribution in [0.4, 0.5) is 17.3 Å². The van der Waals surface area contributed by atoms with Gasteiger partial charge in [0.05, 0.1) is 0 Å². The van der Waals surface area contributed by atoms with E-state index in [0.29, 0.717) is 11.5 Å². The van der Waals surface area contributed by atoms with Gasteiger partial charge >= 0.3 is 0 Å². The van der Waals surface area contributed by atoms with E-state index in [4.69, 9.17) is 0 Å². The van der Waals surface area contributed by atoms with Crippen LogP contribution in [0.25, 0.3) is 0 Å². The largest absolute Gasteiger partial charge is 0.324 e. The number of nitrogens with one attached hydrogen (secondary N) is 2. The first kappa shape index (κ1) is 17.3. The average Bonchev–Trinajstić information content (AvgIpc) is 2.56. The van der Waals surface area contributed by atoms with Crippen LogP contribution in [-0.4, -0.2) is 15.9 Å². The number of aryl methyl sites for hydroxylation is 2. The summed E-state index contributed by atoms with van der Waals surface area (Å²) in [7, 11) is 0. The number of hydrogen-bond donors (Lipinski definition) is 2. The summed E-state index contributed by atoms with van der Waals surface area (Å²) < 4.78 is 1.12. The first-order chi connectivity index (χ1) is 12.0. The standard InChI is InChI=1S/C19H17IN4O/c1-12-11-13(2)22-19(21-12)24-17-7-3-14(4-8-17)18(25)23-16-9-5-15(20)6-10-16/h3-11H,1-2H3,(H,23,25)(H,21,22,24). The normalized spacial score (nSPS) is 10.4. The number of aromatic nitrogens is 2. The van der Waals surface area contributed by atoms with Gasteiger partial charge < -0.3 is 10.6 Å². The highest BCUT2D eigenvalue weighted by atomic mass is 127. The minimum Gasteiger partial charge on any atom is -0.324 e. The molecule has 1 aromatic heterocycles. The predicted octanol–water partition coefficient (Wildman–Crippen LogP) is 4.69. The van der Waals surface area contributed by atoms with Crippen LogP contribution in [0, 0.1) is 17.4 Å². The zero-order valence-electron chi connectivity index (χ0n) is 13.9. The number of carbonyl (C=O) groups excluding carboxylic acids is 1. The highest BCUT2D eigenvalue weighted by molar-refractivity contribution is 14.1. The second-order valence-electron chi connectivity index (χ2n) is 5.64. The van der Waals surface area contributed by atoms with Crippen molar-refractivity contribution in [1.82, 2.24) is 9.97 Å². The van der Waals surface area contributed by atoms with E-state index < -0.39 is 0 Å². The van der Waals surface area contributed by atoms with Crippen molar-refractivity contribution in [3.8, 4) is 0 Å². The molecule has 3 rings (SSSR count). The molecule has 1 heterocycles. The Hall–Kier alpha value is -2.48.